The SMILES string of the molecule is N#Cc1c(F)cccc1-n1ccc(NC(=O)NCCSc2ccc(Br)cc2)n1. The Labute approximate surface area is 173 Å². The fourth-order valence-corrected chi connectivity index (χ4v) is 3.40. The summed E-state index contributed by atoms with van der Waals surface area (Å²) in [6, 6.07) is 15.2. The molecule has 0 saturated heterocycles. The van der Waals surface area contributed by atoms with Crippen LogP contribution in [0.5, 0.6) is 0 Å². The fourth-order valence-electron chi connectivity index (χ4n) is 2.36. The number of amides is 2. The van der Waals surface area contributed by atoms with Crippen molar-refractivity contribution in [3.8, 4) is 11.8 Å². The fraction of sp³-hybridized carbons (Fsp3) is 0.105. The van der Waals surface area contributed by atoms with Crippen molar-refractivity contribution in [2.45, 2.75) is 4.90 Å². The first-order chi connectivity index (χ1) is 13.6. The van der Waals surface area contributed by atoms with Gasteiger partial charge in [-0.1, -0.05) is 22.0 Å². The third-order valence-electron chi connectivity index (χ3n) is 3.65. The van der Waals surface area contributed by atoms with Crippen molar-refractivity contribution in [3.63, 3.8) is 0 Å². The quantitative estimate of drug-likeness (QED) is 0.418. The molecule has 6 nitrogen and oxygen atoms in total. The lowest BCUT2D eigenvalue weighted by atomic mass is 10.2. The summed E-state index contributed by atoms with van der Waals surface area (Å²) in [5, 5.41) is 18.7. The van der Waals surface area contributed by atoms with E-state index in [1.807, 2.05) is 30.3 Å². The van der Waals surface area contributed by atoms with Crippen LogP contribution >= 0.6 is 27.7 Å². The summed E-state index contributed by atoms with van der Waals surface area (Å²) in [5.74, 6) is 0.399. The van der Waals surface area contributed by atoms with Crippen molar-refractivity contribution in [2.75, 3.05) is 17.6 Å². The van der Waals surface area contributed by atoms with Crippen LogP contribution in [0, 0.1) is 17.1 Å². The van der Waals surface area contributed by atoms with Crippen LogP contribution in [0.2, 0.25) is 0 Å². The molecule has 0 aliphatic rings. The Bertz CT molecular complexity index is 1020. The van der Waals surface area contributed by atoms with Gasteiger partial charge in [0, 0.05) is 33.9 Å². The summed E-state index contributed by atoms with van der Waals surface area (Å²) >= 11 is 5.02. The minimum Gasteiger partial charge on any atom is -0.337 e. The second kappa shape index (κ2) is 9.39. The third-order valence-corrected chi connectivity index (χ3v) is 5.19. The van der Waals surface area contributed by atoms with Gasteiger partial charge in [0.05, 0.1) is 5.69 Å². The minimum atomic E-state index is -0.619. The average Bonchev–Trinajstić information content (AvgIpc) is 3.14. The molecular formula is C19H15BrFN5OS. The lowest BCUT2D eigenvalue weighted by Crippen LogP contribution is -2.30. The minimum absolute atomic E-state index is 0.105. The monoisotopic (exact) mass is 459 g/mol. The number of halogens is 2. The number of thioether (sulfide) groups is 1. The number of rotatable bonds is 6. The highest BCUT2D eigenvalue weighted by atomic mass is 79.9. The summed E-state index contributed by atoms with van der Waals surface area (Å²) in [6.07, 6.45) is 1.55. The molecule has 3 aromatic rings. The normalized spacial score (nSPS) is 10.3. The summed E-state index contributed by atoms with van der Waals surface area (Å²) < 4.78 is 16.1. The van der Waals surface area contributed by atoms with Gasteiger partial charge in [0.15, 0.2) is 5.82 Å². The maximum absolute atomic E-state index is 13.7. The van der Waals surface area contributed by atoms with E-state index in [-0.39, 0.29) is 11.6 Å². The Morgan fingerprint density at radius 3 is 2.79 bits per heavy atom. The molecule has 3 rings (SSSR count). The molecule has 2 amide bonds. The van der Waals surface area contributed by atoms with Gasteiger partial charge in [0.25, 0.3) is 0 Å². The zero-order valence-electron chi connectivity index (χ0n) is 14.5. The zero-order chi connectivity index (χ0) is 19.9. The van der Waals surface area contributed by atoms with Crippen LogP contribution in [0.15, 0.2) is 64.1 Å². The first kappa shape index (κ1) is 19.9. The molecule has 0 spiro atoms. The van der Waals surface area contributed by atoms with Gasteiger partial charge < -0.3 is 5.32 Å². The van der Waals surface area contributed by atoms with Gasteiger partial charge in [-0.15, -0.1) is 16.9 Å². The number of anilines is 1. The molecule has 1 aromatic heterocycles. The Morgan fingerprint density at radius 2 is 2.04 bits per heavy atom. The van der Waals surface area contributed by atoms with E-state index in [1.165, 1.54) is 16.8 Å². The van der Waals surface area contributed by atoms with Crippen molar-refractivity contribution < 1.29 is 9.18 Å². The predicted molar refractivity (Wildman–Crippen MR) is 110 cm³/mol. The summed E-state index contributed by atoms with van der Waals surface area (Å²) in [5.41, 5.74) is 0.202. The molecule has 1 heterocycles. The summed E-state index contributed by atoms with van der Waals surface area (Å²) in [6.45, 7) is 0.482. The summed E-state index contributed by atoms with van der Waals surface area (Å²) in [4.78, 5) is 13.1. The van der Waals surface area contributed by atoms with Gasteiger partial charge in [-0.2, -0.15) is 5.26 Å². The Hall–Kier alpha value is -2.83. The van der Waals surface area contributed by atoms with Crippen LogP contribution in [0.1, 0.15) is 5.56 Å². The van der Waals surface area contributed by atoms with Crippen LogP contribution in [-0.2, 0) is 0 Å². The van der Waals surface area contributed by atoms with E-state index in [1.54, 1.807) is 30.1 Å². The number of hydrogen-bond acceptors (Lipinski definition) is 4. The largest absolute Gasteiger partial charge is 0.337 e. The first-order valence-corrected chi connectivity index (χ1v) is 10.0. The molecule has 0 unspecified atom stereocenters. The summed E-state index contributed by atoms with van der Waals surface area (Å²) in [7, 11) is 0. The van der Waals surface area contributed by atoms with Gasteiger partial charge >= 0.3 is 6.03 Å². The lowest BCUT2D eigenvalue weighted by molar-refractivity contribution is 0.252. The van der Waals surface area contributed by atoms with Crippen LogP contribution in [0.4, 0.5) is 15.0 Å². The van der Waals surface area contributed by atoms with Gasteiger partial charge in [0.1, 0.15) is 17.4 Å². The van der Waals surface area contributed by atoms with E-state index in [0.29, 0.717) is 18.1 Å². The number of urea groups is 1. The van der Waals surface area contributed by atoms with Crippen molar-refractivity contribution in [1.29, 1.82) is 5.26 Å². The molecule has 0 saturated carbocycles. The Morgan fingerprint density at radius 1 is 1.25 bits per heavy atom. The topological polar surface area (TPSA) is 82.7 Å². The molecular weight excluding hydrogens is 445 g/mol. The number of carbonyl (C=O) groups excluding carboxylic acids is 1. The van der Waals surface area contributed by atoms with Gasteiger partial charge in [-0.3, -0.25) is 5.32 Å². The highest BCUT2D eigenvalue weighted by molar-refractivity contribution is 9.10. The molecule has 0 atom stereocenters. The number of nitriles is 1. The predicted octanol–water partition coefficient (Wildman–Crippen LogP) is 4.56. The molecule has 0 aliphatic heterocycles. The number of hydrogen-bond donors (Lipinski definition) is 2. The Balaban J connectivity index is 1.51. The maximum Gasteiger partial charge on any atom is 0.320 e. The molecule has 28 heavy (non-hydrogen) atoms. The number of carbonyl (C=O) groups is 1. The number of benzene rings is 2. The Kier molecular flexibility index (Phi) is 6.68. The van der Waals surface area contributed by atoms with E-state index in [0.717, 1.165) is 15.1 Å². The van der Waals surface area contributed by atoms with Crippen LogP contribution in [-0.4, -0.2) is 28.1 Å². The van der Waals surface area contributed by atoms with Gasteiger partial charge in [-0.05, 0) is 36.4 Å². The van der Waals surface area contributed by atoms with E-state index >= 15 is 0 Å². The van der Waals surface area contributed by atoms with E-state index in [9.17, 15) is 9.18 Å². The van der Waals surface area contributed by atoms with Crippen molar-refractivity contribution in [2.24, 2.45) is 0 Å². The van der Waals surface area contributed by atoms with Crippen molar-refractivity contribution in [1.82, 2.24) is 15.1 Å². The highest BCUT2D eigenvalue weighted by Gasteiger charge is 2.11. The third kappa shape index (κ3) is 5.12. The van der Waals surface area contributed by atoms with Crippen LogP contribution < -0.4 is 10.6 Å². The van der Waals surface area contributed by atoms with E-state index < -0.39 is 5.82 Å². The lowest BCUT2D eigenvalue weighted by Gasteiger charge is -2.06. The molecule has 0 radical (unpaired) electrons. The first-order valence-electron chi connectivity index (χ1n) is 8.24. The molecule has 142 valence electrons. The number of aromatic nitrogens is 2. The molecule has 2 N–H and O–H groups in total. The van der Waals surface area contributed by atoms with Crippen molar-refractivity contribution >= 4 is 39.5 Å². The second-order valence-corrected chi connectivity index (χ2v) is 7.66. The van der Waals surface area contributed by atoms with Gasteiger partial charge in [-0.25, -0.2) is 13.9 Å². The van der Waals surface area contributed by atoms with E-state index in [4.69, 9.17) is 5.26 Å². The number of nitrogens with zero attached hydrogens (tertiary/aromatic N) is 3. The maximum atomic E-state index is 13.7. The van der Waals surface area contributed by atoms with Crippen LogP contribution in [0.3, 0.4) is 0 Å². The zero-order valence-corrected chi connectivity index (χ0v) is 16.9. The molecule has 9 heteroatoms. The molecule has 0 bridgehead atoms. The second-order valence-electron chi connectivity index (χ2n) is 5.57. The van der Waals surface area contributed by atoms with E-state index in [2.05, 4.69) is 31.7 Å². The molecule has 0 aliphatic carbocycles. The molecule has 0 fully saturated rings. The number of nitrogens with one attached hydrogen (secondary N) is 2. The molecule has 2 aromatic carbocycles. The highest BCUT2D eigenvalue weighted by Crippen LogP contribution is 2.20. The van der Waals surface area contributed by atoms with Gasteiger partial charge in [0.2, 0.25) is 0 Å². The van der Waals surface area contributed by atoms with Crippen LogP contribution in [0.25, 0.3) is 5.69 Å². The smallest absolute Gasteiger partial charge is 0.320 e. The average molecular weight is 460 g/mol. The van der Waals surface area contributed by atoms with Crippen molar-refractivity contribution in [3.05, 3.63) is 70.6 Å². The standard InChI is InChI=1S/C19H15BrFN5OS/c20-13-4-6-14(7-5-13)28-11-9-23-19(27)24-18-8-10-26(25-18)17-3-1-2-16(21)15(17)12-22/h1-8,10H,9,11H2,(H2,23,24,25,27).